The molecule has 0 radical (unpaired) electrons. The van der Waals surface area contributed by atoms with Crippen LogP contribution in [-0.2, 0) is 9.53 Å². The summed E-state index contributed by atoms with van der Waals surface area (Å²) in [5.41, 5.74) is 2.95. The van der Waals surface area contributed by atoms with Crippen LogP contribution in [0.5, 0.6) is 0 Å². The summed E-state index contributed by atoms with van der Waals surface area (Å²) in [5.74, 6) is -0.268. The molecule has 0 aromatic rings. The second kappa shape index (κ2) is 4.75. The minimum atomic E-state index is -0.268. The number of esters is 1. The van der Waals surface area contributed by atoms with E-state index in [0.717, 1.165) is 5.57 Å². The van der Waals surface area contributed by atoms with Crippen LogP contribution in [0.1, 0.15) is 27.7 Å². The predicted molar refractivity (Wildman–Crippen MR) is 49.8 cm³/mol. The summed E-state index contributed by atoms with van der Waals surface area (Å²) >= 11 is 0. The lowest BCUT2D eigenvalue weighted by Gasteiger charge is -2.00. The minimum Gasteiger partial charge on any atom is -0.466 e. The number of hydrogen-bond acceptors (Lipinski definition) is 2. The van der Waals surface area contributed by atoms with Gasteiger partial charge in [0, 0.05) is 5.57 Å². The fraction of sp³-hybridized carbons (Fsp3) is 0.500. The van der Waals surface area contributed by atoms with Crippen LogP contribution in [0.3, 0.4) is 0 Å². The summed E-state index contributed by atoms with van der Waals surface area (Å²) in [7, 11) is 1.39. The van der Waals surface area contributed by atoms with Gasteiger partial charge in [0.2, 0.25) is 0 Å². The highest BCUT2D eigenvalue weighted by atomic mass is 16.5. The lowest BCUT2D eigenvalue weighted by Crippen LogP contribution is -2.01. The Kier molecular flexibility index (Phi) is 4.34. The van der Waals surface area contributed by atoms with Crippen LogP contribution < -0.4 is 0 Å². The van der Waals surface area contributed by atoms with Crippen LogP contribution in [0, 0.1) is 0 Å². The monoisotopic (exact) mass is 168 g/mol. The lowest BCUT2D eigenvalue weighted by molar-refractivity contribution is -0.136. The summed E-state index contributed by atoms with van der Waals surface area (Å²) in [6, 6.07) is 0. The first-order valence-corrected chi connectivity index (χ1v) is 3.89. The molecule has 0 heterocycles. The first-order valence-electron chi connectivity index (χ1n) is 3.89. The van der Waals surface area contributed by atoms with Crippen LogP contribution in [-0.4, -0.2) is 13.1 Å². The second-order valence-corrected chi connectivity index (χ2v) is 3.00. The molecule has 0 unspecified atom stereocenters. The summed E-state index contributed by atoms with van der Waals surface area (Å²) < 4.78 is 4.56. The lowest BCUT2D eigenvalue weighted by atomic mass is 10.1. The molecule has 0 saturated heterocycles. The molecular formula is C10H16O2. The maximum Gasteiger partial charge on any atom is 0.333 e. The van der Waals surface area contributed by atoms with Gasteiger partial charge in [-0.25, -0.2) is 4.79 Å². The minimum absolute atomic E-state index is 0.268. The van der Waals surface area contributed by atoms with Gasteiger partial charge in [-0.3, -0.25) is 0 Å². The number of hydrogen-bond donors (Lipinski definition) is 0. The van der Waals surface area contributed by atoms with Gasteiger partial charge in [-0.1, -0.05) is 11.1 Å². The Morgan fingerprint density at radius 2 is 1.67 bits per heavy atom. The number of carbonyl (C=O) groups is 1. The van der Waals surface area contributed by atoms with E-state index >= 15 is 0 Å². The van der Waals surface area contributed by atoms with Crippen molar-refractivity contribution in [1.82, 2.24) is 0 Å². The van der Waals surface area contributed by atoms with E-state index in [1.54, 1.807) is 6.92 Å². The van der Waals surface area contributed by atoms with Crippen LogP contribution in [0.4, 0.5) is 0 Å². The van der Waals surface area contributed by atoms with Gasteiger partial charge in [0.05, 0.1) is 7.11 Å². The maximum atomic E-state index is 11.0. The molecule has 0 N–H and O–H groups in total. The molecule has 0 aromatic carbocycles. The van der Waals surface area contributed by atoms with Crippen molar-refractivity contribution in [3.05, 3.63) is 22.8 Å². The number of allylic oxidation sites excluding steroid dienone is 3. The molecule has 0 amide bonds. The molecular weight excluding hydrogens is 152 g/mol. The summed E-state index contributed by atoms with van der Waals surface area (Å²) in [4.78, 5) is 11.0. The summed E-state index contributed by atoms with van der Waals surface area (Å²) in [6.45, 7) is 7.74. The van der Waals surface area contributed by atoms with E-state index in [0.29, 0.717) is 5.57 Å². The topological polar surface area (TPSA) is 26.3 Å². The van der Waals surface area contributed by atoms with Gasteiger partial charge in [-0.05, 0) is 33.8 Å². The van der Waals surface area contributed by atoms with Crippen molar-refractivity contribution >= 4 is 5.97 Å². The molecule has 0 aliphatic rings. The molecule has 2 nitrogen and oxygen atoms in total. The fourth-order valence-electron chi connectivity index (χ4n) is 0.689. The molecule has 68 valence electrons. The van der Waals surface area contributed by atoms with E-state index in [4.69, 9.17) is 0 Å². The Morgan fingerprint density at radius 1 is 1.17 bits per heavy atom. The predicted octanol–water partition coefficient (Wildman–Crippen LogP) is 2.46. The third-order valence-electron chi connectivity index (χ3n) is 1.73. The van der Waals surface area contributed by atoms with Gasteiger partial charge in [0.1, 0.15) is 0 Å². The van der Waals surface area contributed by atoms with Gasteiger partial charge in [0.25, 0.3) is 0 Å². The third-order valence-corrected chi connectivity index (χ3v) is 1.73. The van der Waals surface area contributed by atoms with Crippen LogP contribution in [0.25, 0.3) is 0 Å². The van der Waals surface area contributed by atoms with E-state index < -0.39 is 0 Å². The van der Waals surface area contributed by atoms with E-state index in [-0.39, 0.29) is 5.97 Å². The van der Waals surface area contributed by atoms with Crippen molar-refractivity contribution in [3.63, 3.8) is 0 Å². The average Bonchev–Trinajstić information content (AvgIpc) is 2.02. The molecule has 0 spiro atoms. The molecule has 2 heteroatoms. The van der Waals surface area contributed by atoms with Gasteiger partial charge in [-0.2, -0.15) is 0 Å². The highest BCUT2D eigenvalue weighted by Gasteiger charge is 2.02. The molecule has 0 rings (SSSR count). The fourth-order valence-corrected chi connectivity index (χ4v) is 0.689. The maximum absolute atomic E-state index is 11.0. The highest BCUT2D eigenvalue weighted by molar-refractivity contribution is 5.88. The smallest absolute Gasteiger partial charge is 0.333 e. The number of rotatable bonds is 2. The van der Waals surface area contributed by atoms with Crippen molar-refractivity contribution in [2.24, 2.45) is 0 Å². The SMILES string of the molecule is COC(=O)C(C)=CC(C)=C(C)C. The average molecular weight is 168 g/mol. The Bertz CT molecular complexity index is 230. The second-order valence-electron chi connectivity index (χ2n) is 3.00. The van der Waals surface area contributed by atoms with E-state index in [9.17, 15) is 4.79 Å². The number of methoxy groups -OCH3 is 1. The van der Waals surface area contributed by atoms with Crippen molar-refractivity contribution in [1.29, 1.82) is 0 Å². The van der Waals surface area contributed by atoms with Crippen molar-refractivity contribution in [3.8, 4) is 0 Å². The van der Waals surface area contributed by atoms with Crippen LogP contribution in [0.15, 0.2) is 22.8 Å². The largest absolute Gasteiger partial charge is 0.466 e. The van der Waals surface area contributed by atoms with Crippen LogP contribution >= 0.6 is 0 Å². The zero-order valence-corrected chi connectivity index (χ0v) is 8.39. The molecule has 12 heavy (non-hydrogen) atoms. The molecule has 0 bridgehead atoms. The standard InChI is InChI=1S/C10H16O2/c1-7(2)8(3)6-9(4)10(11)12-5/h6H,1-5H3. The first-order chi connectivity index (χ1) is 5.49. The van der Waals surface area contributed by atoms with Gasteiger partial charge < -0.3 is 4.74 Å². The molecule has 0 atom stereocenters. The van der Waals surface area contributed by atoms with Crippen LogP contribution in [0.2, 0.25) is 0 Å². The molecule has 0 aliphatic heterocycles. The zero-order chi connectivity index (χ0) is 9.72. The normalized spacial score (nSPS) is 10.9. The van der Waals surface area contributed by atoms with Crippen molar-refractivity contribution in [2.45, 2.75) is 27.7 Å². The Morgan fingerprint density at radius 3 is 2.00 bits per heavy atom. The first kappa shape index (κ1) is 11.0. The quantitative estimate of drug-likeness (QED) is 0.359. The Hall–Kier alpha value is -1.05. The number of carbonyl (C=O) groups excluding carboxylic acids is 1. The molecule has 0 saturated carbocycles. The summed E-state index contributed by atoms with van der Waals surface area (Å²) in [6.07, 6.45) is 1.83. The highest BCUT2D eigenvalue weighted by Crippen LogP contribution is 2.07. The van der Waals surface area contributed by atoms with Crippen molar-refractivity contribution < 1.29 is 9.53 Å². The van der Waals surface area contributed by atoms with Gasteiger partial charge in [0.15, 0.2) is 0 Å². The van der Waals surface area contributed by atoms with E-state index in [2.05, 4.69) is 4.74 Å². The van der Waals surface area contributed by atoms with E-state index in [1.165, 1.54) is 12.7 Å². The zero-order valence-electron chi connectivity index (χ0n) is 8.39. The van der Waals surface area contributed by atoms with Gasteiger partial charge in [-0.15, -0.1) is 0 Å². The Labute approximate surface area is 73.9 Å². The van der Waals surface area contributed by atoms with Crippen molar-refractivity contribution in [2.75, 3.05) is 7.11 Å². The summed E-state index contributed by atoms with van der Waals surface area (Å²) in [5, 5.41) is 0. The van der Waals surface area contributed by atoms with Gasteiger partial charge >= 0.3 is 5.97 Å². The third kappa shape index (κ3) is 3.37. The van der Waals surface area contributed by atoms with E-state index in [1.807, 2.05) is 26.8 Å². The molecule has 0 fully saturated rings. The molecule has 0 aromatic heterocycles. The molecule has 0 aliphatic carbocycles. The Balaban J connectivity index is 4.58. The number of ether oxygens (including phenoxy) is 1.